The molecule has 0 radical (unpaired) electrons. The number of hydrogen-bond acceptors (Lipinski definition) is 4. The third-order valence-corrected chi connectivity index (χ3v) is 2.54. The van der Waals surface area contributed by atoms with Gasteiger partial charge in [0.25, 0.3) is 0 Å². The van der Waals surface area contributed by atoms with Crippen molar-refractivity contribution < 1.29 is 9.53 Å². The normalized spacial score (nSPS) is 13.4. The monoisotopic (exact) mass is 236 g/mol. The first-order chi connectivity index (χ1) is 7.84. The zero-order valence-electron chi connectivity index (χ0n) is 10.9. The van der Waals surface area contributed by atoms with E-state index in [1.165, 1.54) is 0 Å². The Hall–Kier alpha value is -1.42. The topological polar surface area (TPSA) is 65.2 Å². The van der Waals surface area contributed by atoms with Crippen LogP contribution >= 0.6 is 0 Å². The fourth-order valence-corrected chi connectivity index (χ4v) is 1.87. The summed E-state index contributed by atoms with van der Waals surface area (Å²) in [4.78, 5) is 16.0. The molecule has 0 bridgehead atoms. The van der Waals surface area contributed by atoms with Crippen molar-refractivity contribution in [2.24, 2.45) is 5.41 Å². The number of nitrogens with two attached hydrogens (primary N) is 1. The van der Waals surface area contributed by atoms with Crippen molar-refractivity contribution in [3.8, 4) is 0 Å². The molecule has 0 aliphatic rings. The van der Waals surface area contributed by atoms with Crippen LogP contribution in [-0.4, -0.2) is 24.0 Å². The molecular formula is C13H20N2O2. The molecule has 0 saturated heterocycles. The first-order valence-corrected chi connectivity index (χ1v) is 5.60. The number of ketones is 1. The molecule has 1 rings (SSSR count). The molecule has 1 atom stereocenters. The molecule has 0 saturated carbocycles. The fraction of sp³-hybridized carbons (Fsp3) is 0.538. The number of carbonyl (C=O) groups excluding carboxylic acids is 1. The molecule has 0 amide bonds. The summed E-state index contributed by atoms with van der Waals surface area (Å²) in [6.07, 6.45) is 1.52. The van der Waals surface area contributed by atoms with Gasteiger partial charge in [0, 0.05) is 19.7 Å². The van der Waals surface area contributed by atoms with Crippen LogP contribution in [0.3, 0.4) is 0 Å². The van der Waals surface area contributed by atoms with Crippen LogP contribution in [-0.2, 0) is 16.0 Å². The van der Waals surface area contributed by atoms with Gasteiger partial charge in [-0.1, -0.05) is 20.8 Å². The van der Waals surface area contributed by atoms with E-state index in [1.54, 1.807) is 25.4 Å². The van der Waals surface area contributed by atoms with Gasteiger partial charge < -0.3 is 10.5 Å². The number of carbonyl (C=O) groups is 1. The van der Waals surface area contributed by atoms with Crippen LogP contribution < -0.4 is 5.73 Å². The summed E-state index contributed by atoms with van der Waals surface area (Å²) in [7, 11) is 1.56. The minimum atomic E-state index is -0.406. The lowest BCUT2D eigenvalue weighted by Gasteiger charge is -2.28. The van der Waals surface area contributed by atoms with Gasteiger partial charge in [-0.05, 0) is 23.1 Å². The molecule has 1 unspecified atom stereocenters. The highest BCUT2D eigenvalue weighted by Gasteiger charge is 2.30. The van der Waals surface area contributed by atoms with Gasteiger partial charge in [0.1, 0.15) is 11.9 Å². The highest BCUT2D eigenvalue weighted by atomic mass is 16.5. The average Bonchev–Trinajstić information content (AvgIpc) is 2.15. The van der Waals surface area contributed by atoms with Crippen LogP contribution in [0.15, 0.2) is 18.3 Å². The van der Waals surface area contributed by atoms with Crippen molar-refractivity contribution >= 4 is 11.6 Å². The lowest BCUT2D eigenvalue weighted by molar-refractivity contribution is -0.134. The number of pyridine rings is 1. The van der Waals surface area contributed by atoms with E-state index in [1.807, 2.05) is 20.8 Å². The average molecular weight is 236 g/mol. The number of ether oxygens (including phenoxy) is 1. The SMILES string of the molecule is COC(C(=O)Cc1ccnc(N)c1)C(C)(C)C. The second kappa shape index (κ2) is 5.27. The Kier molecular flexibility index (Phi) is 4.23. The van der Waals surface area contributed by atoms with Crippen molar-refractivity contribution in [3.63, 3.8) is 0 Å². The summed E-state index contributed by atoms with van der Waals surface area (Å²) in [6, 6.07) is 3.51. The smallest absolute Gasteiger partial charge is 0.166 e. The van der Waals surface area contributed by atoms with Crippen LogP contribution in [0.5, 0.6) is 0 Å². The van der Waals surface area contributed by atoms with E-state index < -0.39 is 6.10 Å². The molecule has 2 N–H and O–H groups in total. The van der Waals surface area contributed by atoms with Gasteiger partial charge in [-0.2, -0.15) is 0 Å². The third kappa shape index (κ3) is 3.82. The highest BCUT2D eigenvalue weighted by Crippen LogP contribution is 2.23. The molecule has 1 aromatic heterocycles. The molecule has 17 heavy (non-hydrogen) atoms. The zero-order chi connectivity index (χ0) is 13.1. The Balaban J connectivity index is 2.78. The van der Waals surface area contributed by atoms with Crippen molar-refractivity contribution in [3.05, 3.63) is 23.9 Å². The second-order valence-corrected chi connectivity index (χ2v) is 5.21. The summed E-state index contributed by atoms with van der Waals surface area (Å²) < 4.78 is 5.28. The fourth-order valence-electron chi connectivity index (χ4n) is 1.87. The summed E-state index contributed by atoms with van der Waals surface area (Å²) in [5, 5.41) is 0. The van der Waals surface area contributed by atoms with Gasteiger partial charge in [0.15, 0.2) is 5.78 Å². The maximum atomic E-state index is 12.1. The third-order valence-electron chi connectivity index (χ3n) is 2.54. The maximum absolute atomic E-state index is 12.1. The first kappa shape index (κ1) is 13.6. The molecule has 1 heterocycles. The highest BCUT2D eigenvalue weighted by molar-refractivity contribution is 5.86. The number of Topliss-reactive ketones (excluding diaryl/α,β-unsaturated/α-hetero) is 1. The molecular weight excluding hydrogens is 216 g/mol. The summed E-state index contributed by atoms with van der Waals surface area (Å²) >= 11 is 0. The Bertz CT molecular complexity index is 397. The molecule has 0 aromatic carbocycles. The van der Waals surface area contributed by atoms with Crippen molar-refractivity contribution in [1.29, 1.82) is 0 Å². The summed E-state index contributed by atoms with van der Waals surface area (Å²) in [5.41, 5.74) is 6.24. The lowest BCUT2D eigenvalue weighted by atomic mass is 9.85. The molecule has 0 aliphatic carbocycles. The van der Waals surface area contributed by atoms with Gasteiger partial charge in [-0.3, -0.25) is 4.79 Å². The standard InChI is InChI=1S/C13H20N2O2/c1-13(2,3)12(17-4)10(16)7-9-5-6-15-11(14)8-9/h5-6,8,12H,7H2,1-4H3,(H2,14,15). The Labute approximate surface area is 102 Å². The van der Waals surface area contributed by atoms with Gasteiger partial charge >= 0.3 is 0 Å². The number of anilines is 1. The Morgan fingerprint density at radius 1 is 1.53 bits per heavy atom. The van der Waals surface area contributed by atoms with Crippen LogP contribution in [0, 0.1) is 5.41 Å². The number of nitrogen functional groups attached to an aromatic ring is 1. The van der Waals surface area contributed by atoms with Crippen LogP contribution in [0.1, 0.15) is 26.3 Å². The van der Waals surface area contributed by atoms with Crippen molar-refractivity contribution in [2.75, 3.05) is 12.8 Å². The lowest BCUT2D eigenvalue weighted by Crippen LogP contribution is -2.37. The van der Waals surface area contributed by atoms with Gasteiger partial charge in [0.05, 0.1) is 0 Å². The summed E-state index contributed by atoms with van der Waals surface area (Å²) in [6.45, 7) is 5.96. The Morgan fingerprint density at radius 3 is 2.65 bits per heavy atom. The van der Waals surface area contributed by atoms with Gasteiger partial charge in [0.2, 0.25) is 0 Å². The van der Waals surface area contributed by atoms with E-state index in [9.17, 15) is 4.79 Å². The molecule has 0 fully saturated rings. The van der Waals surface area contributed by atoms with Gasteiger partial charge in [-0.25, -0.2) is 4.98 Å². The van der Waals surface area contributed by atoms with E-state index in [-0.39, 0.29) is 11.2 Å². The zero-order valence-corrected chi connectivity index (χ0v) is 10.9. The molecule has 1 aromatic rings. The largest absolute Gasteiger partial charge is 0.384 e. The van der Waals surface area contributed by atoms with E-state index in [2.05, 4.69) is 4.98 Å². The molecule has 0 spiro atoms. The quantitative estimate of drug-likeness (QED) is 0.866. The van der Waals surface area contributed by atoms with Crippen molar-refractivity contribution in [1.82, 2.24) is 4.98 Å². The Morgan fingerprint density at radius 2 is 2.18 bits per heavy atom. The molecule has 4 nitrogen and oxygen atoms in total. The number of nitrogens with zero attached hydrogens (tertiary/aromatic N) is 1. The van der Waals surface area contributed by atoms with E-state index in [4.69, 9.17) is 10.5 Å². The summed E-state index contributed by atoms with van der Waals surface area (Å²) in [5.74, 6) is 0.491. The molecule has 94 valence electrons. The molecule has 4 heteroatoms. The minimum absolute atomic E-state index is 0.0607. The van der Waals surface area contributed by atoms with E-state index in [0.717, 1.165) is 5.56 Å². The van der Waals surface area contributed by atoms with Crippen molar-refractivity contribution in [2.45, 2.75) is 33.3 Å². The van der Waals surface area contributed by atoms with Gasteiger partial charge in [-0.15, -0.1) is 0 Å². The predicted octanol–water partition coefficient (Wildman–Crippen LogP) is 1.84. The number of rotatable bonds is 4. The second-order valence-electron chi connectivity index (χ2n) is 5.21. The first-order valence-electron chi connectivity index (χ1n) is 5.60. The number of hydrogen-bond donors (Lipinski definition) is 1. The number of methoxy groups -OCH3 is 1. The molecule has 0 aliphatic heterocycles. The van der Waals surface area contributed by atoms with Crippen LogP contribution in [0.25, 0.3) is 0 Å². The van der Waals surface area contributed by atoms with E-state index in [0.29, 0.717) is 12.2 Å². The number of aromatic nitrogens is 1. The van der Waals surface area contributed by atoms with E-state index >= 15 is 0 Å². The predicted molar refractivity (Wildman–Crippen MR) is 67.6 cm³/mol. The minimum Gasteiger partial charge on any atom is -0.384 e. The van der Waals surface area contributed by atoms with Crippen LogP contribution in [0.2, 0.25) is 0 Å². The maximum Gasteiger partial charge on any atom is 0.166 e. The van der Waals surface area contributed by atoms with Crippen LogP contribution in [0.4, 0.5) is 5.82 Å².